The Balaban J connectivity index is 0.000000130. The first kappa shape index (κ1) is 37.7. The quantitative estimate of drug-likeness (QED) is 0.108. The van der Waals surface area contributed by atoms with Gasteiger partial charge in [0.25, 0.3) is 0 Å². The molecule has 58 heavy (non-hydrogen) atoms. The molecule has 0 atom stereocenters. The van der Waals surface area contributed by atoms with Crippen LogP contribution in [0.5, 0.6) is 23.0 Å². The van der Waals surface area contributed by atoms with Crippen molar-refractivity contribution in [2.75, 3.05) is 0 Å². The van der Waals surface area contributed by atoms with Crippen LogP contribution < -0.4 is 14.9 Å². The maximum atomic E-state index is 9.16. The second kappa shape index (κ2) is 17.7. The average molecular weight is 831 g/mol. The summed E-state index contributed by atoms with van der Waals surface area (Å²) >= 11 is 3.39. The highest BCUT2D eigenvalue weighted by Crippen LogP contribution is 2.36. The van der Waals surface area contributed by atoms with Gasteiger partial charge >= 0.3 is 7.12 Å². The molecule has 10 aromatic rings. The Morgan fingerprint density at radius 2 is 1.07 bits per heavy atom. The first-order valence-corrected chi connectivity index (χ1v) is 18.7. The van der Waals surface area contributed by atoms with Gasteiger partial charge in [-0.25, -0.2) is 19.9 Å². The molecular formula is C44H32BBrN6O6. The molecule has 0 spiro atoms. The van der Waals surface area contributed by atoms with E-state index in [1.165, 1.54) is 12.8 Å². The predicted octanol–water partition coefficient (Wildman–Crippen LogP) is 9.82. The molecule has 0 amide bonds. The molecule has 0 radical (unpaired) electrons. The second-order valence-corrected chi connectivity index (χ2v) is 13.5. The number of hydrogen-bond acceptors (Lipinski definition) is 10. The van der Waals surface area contributed by atoms with Gasteiger partial charge in [-0.15, -0.1) is 0 Å². The summed E-state index contributed by atoms with van der Waals surface area (Å²) in [5, 5.41) is 20.3. The molecule has 284 valence electrons. The Morgan fingerprint density at radius 1 is 0.552 bits per heavy atom. The molecule has 0 aliphatic heterocycles. The molecule has 12 nitrogen and oxygen atoms in total. The number of nitrogens with one attached hydrogen (secondary N) is 2. The summed E-state index contributed by atoms with van der Waals surface area (Å²) in [5.41, 5.74) is 5.83. The van der Waals surface area contributed by atoms with Gasteiger partial charge in [-0.2, -0.15) is 0 Å². The zero-order chi connectivity index (χ0) is 39.7. The van der Waals surface area contributed by atoms with Gasteiger partial charge in [-0.05, 0) is 64.5 Å². The summed E-state index contributed by atoms with van der Waals surface area (Å²) in [7, 11) is -1.53. The lowest BCUT2D eigenvalue weighted by Gasteiger charge is -2.11. The van der Waals surface area contributed by atoms with Crippen LogP contribution in [0.4, 0.5) is 0 Å². The van der Waals surface area contributed by atoms with Crippen LogP contribution in [0, 0.1) is 0 Å². The van der Waals surface area contributed by atoms with Gasteiger partial charge in [0.1, 0.15) is 34.3 Å². The minimum Gasteiger partial charge on any atom is -0.458 e. The van der Waals surface area contributed by atoms with Crippen molar-refractivity contribution in [1.29, 1.82) is 0 Å². The number of oxazole rings is 2. The Hall–Kier alpha value is -7.26. The van der Waals surface area contributed by atoms with Crippen molar-refractivity contribution >= 4 is 50.6 Å². The van der Waals surface area contributed by atoms with Gasteiger partial charge in [0.2, 0.25) is 0 Å². The summed E-state index contributed by atoms with van der Waals surface area (Å²) < 4.78 is 23.3. The number of nitrogens with zero attached hydrogens (tertiary/aromatic N) is 4. The normalized spacial score (nSPS) is 10.7. The van der Waals surface area contributed by atoms with E-state index in [-0.39, 0.29) is 0 Å². The fourth-order valence-corrected chi connectivity index (χ4v) is 6.38. The summed E-state index contributed by atoms with van der Waals surface area (Å²) in [6.45, 7) is 0. The van der Waals surface area contributed by atoms with Crippen molar-refractivity contribution in [2.45, 2.75) is 0 Å². The van der Waals surface area contributed by atoms with Crippen LogP contribution in [0.2, 0.25) is 0 Å². The van der Waals surface area contributed by atoms with E-state index in [2.05, 4.69) is 51.9 Å². The first-order chi connectivity index (χ1) is 28.5. The van der Waals surface area contributed by atoms with Crippen molar-refractivity contribution < 1.29 is 28.4 Å². The number of aromatic nitrogens is 6. The number of H-pyrrole nitrogens is 2. The molecule has 6 heterocycles. The van der Waals surface area contributed by atoms with E-state index >= 15 is 0 Å². The van der Waals surface area contributed by atoms with E-state index in [1.807, 2.05) is 97.5 Å². The third kappa shape index (κ3) is 8.74. The van der Waals surface area contributed by atoms with E-state index in [0.29, 0.717) is 22.7 Å². The number of benzene rings is 4. The largest absolute Gasteiger partial charge is 0.492 e. The molecule has 4 N–H and O–H groups in total. The molecule has 0 aliphatic carbocycles. The van der Waals surface area contributed by atoms with Crippen LogP contribution in [-0.2, 0) is 0 Å². The first-order valence-electron chi connectivity index (χ1n) is 17.9. The maximum absolute atomic E-state index is 9.16. The van der Waals surface area contributed by atoms with Gasteiger partial charge in [-0.3, -0.25) is 0 Å². The minimum absolute atomic E-state index is 0.353. The number of aromatic amines is 2. The molecule has 10 rings (SSSR count). The molecule has 0 saturated carbocycles. The highest BCUT2D eigenvalue weighted by atomic mass is 79.9. The molecule has 0 saturated heterocycles. The molecule has 6 aromatic heterocycles. The number of hydrogen-bond donors (Lipinski definition) is 4. The lowest BCUT2D eigenvalue weighted by Crippen LogP contribution is -2.30. The predicted molar refractivity (Wildman–Crippen MR) is 226 cm³/mol. The molecule has 14 heteroatoms. The maximum Gasteiger partial charge on any atom is 0.492 e. The zero-order valence-electron chi connectivity index (χ0n) is 30.4. The fraction of sp³-hybridized carbons (Fsp3) is 0. The van der Waals surface area contributed by atoms with Crippen LogP contribution in [0.25, 0.3) is 55.8 Å². The fourth-order valence-electron chi connectivity index (χ4n) is 6.05. The van der Waals surface area contributed by atoms with Crippen molar-refractivity contribution in [1.82, 2.24) is 29.9 Å². The van der Waals surface area contributed by atoms with Crippen molar-refractivity contribution in [3.8, 4) is 56.8 Å². The number of ether oxygens (including phenoxy) is 2. The average Bonchev–Trinajstić information content (AvgIpc) is 4.10. The van der Waals surface area contributed by atoms with Crippen LogP contribution >= 0.6 is 15.9 Å². The molecule has 0 bridgehead atoms. The van der Waals surface area contributed by atoms with E-state index < -0.39 is 7.12 Å². The highest BCUT2D eigenvalue weighted by molar-refractivity contribution is 9.10. The van der Waals surface area contributed by atoms with Crippen molar-refractivity contribution in [3.63, 3.8) is 0 Å². The van der Waals surface area contributed by atoms with Crippen molar-refractivity contribution in [3.05, 3.63) is 176 Å². The van der Waals surface area contributed by atoms with E-state index in [4.69, 9.17) is 28.4 Å². The van der Waals surface area contributed by atoms with Crippen LogP contribution in [0.15, 0.2) is 185 Å². The van der Waals surface area contributed by atoms with Gasteiger partial charge in [-0.1, -0.05) is 72.8 Å². The Bertz CT molecular complexity index is 2850. The monoisotopic (exact) mass is 830 g/mol. The lowest BCUT2D eigenvalue weighted by molar-refractivity contribution is 0.420. The number of para-hydroxylation sites is 4. The third-order valence-corrected chi connectivity index (χ3v) is 9.20. The Kier molecular flexibility index (Phi) is 11.5. The third-order valence-electron chi connectivity index (χ3n) is 8.76. The summed E-state index contributed by atoms with van der Waals surface area (Å²) in [4.78, 5) is 23.0. The lowest BCUT2D eigenvalue weighted by atomic mass is 9.79. The highest BCUT2D eigenvalue weighted by Gasteiger charge is 2.17. The molecule has 0 fully saturated rings. The topological polar surface area (TPSA) is 168 Å². The molecular weight excluding hydrogens is 799 g/mol. The number of pyridine rings is 2. The molecule has 0 unspecified atom stereocenters. The van der Waals surface area contributed by atoms with Gasteiger partial charge < -0.3 is 38.3 Å². The van der Waals surface area contributed by atoms with Crippen molar-refractivity contribution in [2.24, 2.45) is 0 Å². The van der Waals surface area contributed by atoms with Crippen LogP contribution in [0.1, 0.15) is 0 Å². The number of rotatable bonds is 8. The summed E-state index contributed by atoms with van der Waals surface area (Å²) in [6, 6.07) is 37.8. The standard InChI is InChI=1S/C22H15N3O2.C12H11BO3.C10H6BrN3O/c1-2-6-16(7-3-1)27-20-9-5-4-8-17(20)15-10-18-19(21-13-23-14-26-21)12-25-22(18)24-11-15;14-13(15)11-8-4-5-9-12(11)16-10-6-2-1-3-7-10;11-6-1-7-8(9-4-12-5-15-9)3-14-10(7)13-2-6/h1-14H,(H,24,25);1-9,14-15H;1-5H,(H,13,14). The number of fused-ring (bicyclic) bond motifs is 2. The van der Waals surface area contributed by atoms with Gasteiger partial charge in [0.05, 0.1) is 12.4 Å². The second-order valence-electron chi connectivity index (χ2n) is 12.5. The smallest absolute Gasteiger partial charge is 0.458 e. The van der Waals surface area contributed by atoms with Crippen LogP contribution in [0.3, 0.4) is 0 Å². The summed E-state index contributed by atoms with van der Waals surface area (Å²) in [5.74, 6) is 4.12. The van der Waals surface area contributed by atoms with E-state index in [0.717, 1.165) is 66.1 Å². The van der Waals surface area contributed by atoms with Gasteiger partial charge in [0.15, 0.2) is 24.3 Å². The molecule has 0 aliphatic rings. The Labute approximate surface area is 340 Å². The summed E-state index contributed by atoms with van der Waals surface area (Å²) in [6.07, 6.45) is 13.6. The molecule has 4 aromatic carbocycles. The minimum atomic E-state index is -1.53. The SMILES string of the molecule is Brc1cnc2[nH]cc(-c3cnco3)c2c1.OB(O)c1ccccc1Oc1ccccc1.c1ccc(Oc2ccccc2-c2cnc3[nH]cc(-c4cnco4)c3c2)cc1. The van der Waals surface area contributed by atoms with E-state index in [9.17, 15) is 0 Å². The van der Waals surface area contributed by atoms with E-state index in [1.54, 1.807) is 55.0 Å². The Morgan fingerprint density at radius 3 is 1.66 bits per heavy atom. The van der Waals surface area contributed by atoms with Gasteiger partial charge in [0, 0.05) is 67.7 Å². The zero-order valence-corrected chi connectivity index (χ0v) is 32.0. The number of halogens is 1. The van der Waals surface area contributed by atoms with Crippen LogP contribution in [-0.4, -0.2) is 47.1 Å².